The van der Waals surface area contributed by atoms with Gasteiger partial charge in [-0.15, -0.1) is 12.6 Å². The molecule has 0 aliphatic rings. The van der Waals surface area contributed by atoms with Gasteiger partial charge in [0.1, 0.15) is 10.6 Å². The van der Waals surface area contributed by atoms with Crippen molar-refractivity contribution >= 4 is 39.1 Å². The monoisotopic (exact) mass is 227 g/mol. The molecule has 0 aliphatic carbocycles. The van der Waals surface area contributed by atoms with Crippen molar-refractivity contribution in [2.75, 3.05) is 0 Å². The van der Waals surface area contributed by atoms with E-state index < -0.39 is 4.92 Å². The van der Waals surface area contributed by atoms with Crippen LogP contribution in [0.4, 0.5) is 5.00 Å². The Morgan fingerprint density at radius 3 is 2.86 bits per heavy atom. The third-order valence-electron chi connectivity index (χ3n) is 1.80. The Kier molecular flexibility index (Phi) is 2.09. The first-order valence-electron chi connectivity index (χ1n) is 3.68. The van der Waals surface area contributed by atoms with Crippen LogP contribution in [0.3, 0.4) is 0 Å². The number of hydrogen-bond donors (Lipinski definition) is 2. The zero-order valence-electron chi connectivity index (χ0n) is 6.80. The summed E-state index contributed by atoms with van der Waals surface area (Å²) in [5, 5.41) is 20.5. The van der Waals surface area contributed by atoms with E-state index in [1.54, 1.807) is 6.07 Å². The second-order valence-electron chi connectivity index (χ2n) is 2.69. The van der Waals surface area contributed by atoms with Crippen molar-refractivity contribution in [3.8, 4) is 5.75 Å². The van der Waals surface area contributed by atoms with E-state index in [9.17, 15) is 15.2 Å². The number of phenolic OH excluding ortho intramolecular Hbond substituents is 1. The highest BCUT2D eigenvalue weighted by Crippen LogP contribution is 2.40. The molecule has 0 aliphatic heterocycles. The van der Waals surface area contributed by atoms with E-state index in [0.29, 0.717) is 15.0 Å². The van der Waals surface area contributed by atoms with E-state index in [4.69, 9.17) is 0 Å². The van der Waals surface area contributed by atoms with Crippen LogP contribution in [0.2, 0.25) is 0 Å². The molecule has 0 atom stereocenters. The van der Waals surface area contributed by atoms with Crippen LogP contribution >= 0.6 is 24.0 Å². The van der Waals surface area contributed by atoms with Crippen LogP contribution in [0.15, 0.2) is 23.1 Å². The van der Waals surface area contributed by atoms with E-state index >= 15 is 0 Å². The van der Waals surface area contributed by atoms with Crippen LogP contribution < -0.4 is 0 Å². The highest BCUT2D eigenvalue weighted by atomic mass is 32.1. The lowest BCUT2D eigenvalue weighted by molar-refractivity contribution is -0.382. The van der Waals surface area contributed by atoms with Crippen molar-refractivity contribution in [1.29, 1.82) is 0 Å². The van der Waals surface area contributed by atoms with E-state index in [1.807, 2.05) is 0 Å². The fourth-order valence-corrected chi connectivity index (χ4v) is 2.62. The van der Waals surface area contributed by atoms with Crippen molar-refractivity contribution in [2.45, 2.75) is 4.90 Å². The molecule has 1 aromatic heterocycles. The number of nitro groups is 1. The number of nitrogens with zero attached hydrogens (tertiary/aromatic N) is 1. The normalized spacial score (nSPS) is 10.6. The summed E-state index contributed by atoms with van der Waals surface area (Å²) in [6.45, 7) is 0. The minimum Gasteiger partial charge on any atom is -0.508 e. The Morgan fingerprint density at radius 1 is 1.50 bits per heavy atom. The molecule has 72 valence electrons. The number of thiophene rings is 1. The summed E-state index contributed by atoms with van der Waals surface area (Å²) in [5.41, 5.74) is 0. The Balaban J connectivity index is 2.79. The summed E-state index contributed by atoms with van der Waals surface area (Å²) < 4.78 is 0.668. The van der Waals surface area contributed by atoms with E-state index in [2.05, 4.69) is 12.6 Å². The van der Waals surface area contributed by atoms with Gasteiger partial charge in [0, 0.05) is 10.1 Å². The third-order valence-corrected chi connectivity index (χ3v) is 3.50. The molecular weight excluding hydrogens is 222 g/mol. The quantitative estimate of drug-likeness (QED) is 0.447. The number of benzene rings is 1. The van der Waals surface area contributed by atoms with Crippen LogP contribution in [-0.2, 0) is 0 Å². The molecule has 0 bridgehead atoms. The van der Waals surface area contributed by atoms with Crippen LogP contribution in [0.1, 0.15) is 0 Å². The molecule has 4 nitrogen and oxygen atoms in total. The fourth-order valence-electron chi connectivity index (χ4n) is 1.18. The summed E-state index contributed by atoms with van der Waals surface area (Å²) in [6.07, 6.45) is 0. The SMILES string of the molecule is O=[N+]([O-])c1sc2cc(O)ccc2c1S. The maximum Gasteiger partial charge on any atom is 0.338 e. The lowest BCUT2D eigenvalue weighted by Crippen LogP contribution is -1.83. The summed E-state index contributed by atoms with van der Waals surface area (Å²) in [6, 6.07) is 4.60. The smallest absolute Gasteiger partial charge is 0.338 e. The number of thiol groups is 1. The molecule has 6 heteroatoms. The van der Waals surface area contributed by atoms with Crippen molar-refractivity contribution in [2.24, 2.45) is 0 Å². The van der Waals surface area contributed by atoms with Gasteiger partial charge in [-0.1, -0.05) is 11.3 Å². The van der Waals surface area contributed by atoms with Gasteiger partial charge in [0.05, 0.1) is 4.92 Å². The predicted octanol–water partition coefficient (Wildman–Crippen LogP) is 2.80. The average Bonchev–Trinajstić information content (AvgIpc) is 2.43. The highest BCUT2D eigenvalue weighted by molar-refractivity contribution is 7.81. The number of rotatable bonds is 1. The number of fused-ring (bicyclic) bond motifs is 1. The fraction of sp³-hybridized carbons (Fsp3) is 0. The standard InChI is InChI=1S/C8H5NO3S2/c10-4-1-2-5-6(3-4)14-8(7(5)13)9(11)12/h1-3,10,13H. The molecule has 2 aromatic rings. The molecule has 2 rings (SSSR count). The lowest BCUT2D eigenvalue weighted by Gasteiger charge is -1.90. The minimum absolute atomic E-state index is 0.00827. The van der Waals surface area contributed by atoms with E-state index in [-0.39, 0.29) is 10.8 Å². The number of hydrogen-bond acceptors (Lipinski definition) is 5. The molecule has 1 heterocycles. The van der Waals surface area contributed by atoms with Crippen molar-refractivity contribution in [3.63, 3.8) is 0 Å². The molecule has 0 saturated carbocycles. The largest absolute Gasteiger partial charge is 0.508 e. The Bertz CT molecular complexity index is 521. The second-order valence-corrected chi connectivity index (χ2v) is 4.17. The van der Waals surface area contributed by atoms with E-state index in [1.165, 1.54) is 12.1 Å². The van der Waals surface area contributed by atoms with Crippen molar-refractivity contribution in [3.05, 3.63) is 28.3 Å². The lowest BCUT2D eigenvalue weighted by atomic mass is 10.2. The van der Waals surface area contributed by atoms with Gasteiger partial charge in [-0.05, 0) is 18.2 Å². The molecule has 0 spiro atoms. The zero-order chi connectivity index (χ0) is 10.3. The Morgan fingerprint density at radius 2 is 2.21 bits per heavy atom. The molecule has 0 unspecified atom stereocenters. The predicted molar refractivity (Wildman–Crippen MR) is 57.4 cm³/mol. The van der Waals surface area contributed by atoms with Gasteiger partial charge >= 0.3 is 5.00 Å². The van der Waals surface area contributed by atoms with Crippen LogP contribution in [0, 0.1) is 10.1 Å². The molecule has 0 amide bonds. The van der Waals surface area contributed by atoms with Gasteiger partial charge in [0.15, 0.2) is 0 Å². The summed E-state index contributed by atoms with van der Waals surface area (Å²) in [4.78, 5) is 10.5. The van der Waals surface area contributed by atoms with Crippen molar-refractivity contribution in [1.82, 2.24) is 0 Å². The topological polar surface area (TPSA) is 63.4 Å². The molecular formula is C8H5NO3S2. The maximum atomic E-state index is 10.6. The summed E-state index contributed by atoms with van der Waals surface area (Å²) in [5.74, 6) is 0.0991. The second kappa shape index (κ2) is 3.14. The highest BCUT2D eigenvalue weighted by Gasteiger charge is 2.18. The van der Waals surface area contributed by atoms with Gasteiger partial charge in [-0.25, -0.2) is 0 Å². The zero-order valence-corrected chi connectivity index (χ0v) is 8.51. The van der Waals surface area contributed by atoms with Crippen molar-refractivity contribution < 1.29 is 10.0 Å². The Labute approximate surface area is 88.4 Å². The van der Waals surface area contributed by atoms with E-state index in [0.717, 1.165) is 11.3 Å². The first kappa shape index (κ1) is 9.29. The minimum atomic E-state index is -0.468. The van der Waals surface area contributed by atoms with Crippen LogP contribution in [-0.4, -0.2) is 10.0 Å². The first-order valence-corrected chi connectivity index (χ1v) is 4.95. The first-order chi connectivity index (χ1) is 6.59. The van der Waals surface area contributed by atoms with Gasteiger partial charge < -0.3 is 5.11 Å². The molecule has 1 aromatic carbocycles. The molecule has 14 heavy (non-hydrogen) atoms. The molecule has 0 radical (unpaired) electrons. The van der Waals surface area contributed by atoms with Gasteiger partial charge in [0.2, 0.25) is 0 Å². The molecule has 0 saturated heterocycles. The molecule has 1 N–H and O–H groups in total. The number of aromatic hydroxyl groups is 1. The number of phenols is 1. The van der Waals surface area contributed by atoms with Gasteiger partial charge in [0.25, 0.3) is 0 Å². The van der Waals surface area contributed by atoms with Crippen LogP contribution in [0.5, 0.6) is 5.75 Å². The molecule has 0 fully saturated rings. The maximum absolute atomic E-state index is 10.6. The summed E-state index contributed by atoms with van der Waals surface area (Å²) in [7, 11) is 0. The average molecular weight is 227 g/mol. The third kappa shape index (κ3) is 1.32. The van der Waals surface area contributed by atoms with Gasteiger partial charge in [-0.2, -0.15) is 0 Å². The van der Waals surface area contributed by atoms with Gasteiger partial charge in [-0.3, -0.25) is 10.1 Å². The van der Waals surface area contributed by atoms with Crippen LogP contribution in [0.25, 0.3) is 10.1 Å². The summed E-state index contributed by atoms with van der Waals surface area (Å²) >= 11 is 5.09. The Hall–Kier alpha value is -1.27.